The van der Waals surface area contributed by atoms with Crippen LogP contribution in [0.3, 0.4) is 0 Å². The molecule has 102 valence electrons. The summed E-state index contributed by atoms with van der Waals surface area (Å²) >= 11 is 0. The Morgan fingerprint density at radius 2 is 2.11 bits per heavy atom. The molecule has 0 aliphatic heterocycles. The monoisotopic (exact) mass is 274 g/mol. The Hall–Kier alpha value is -1.54. The van der Waals surface area contributed by atoms with E-state index in [1.165, 1.54) is 25.5 Å². The molecule has 0 spiro atoms. The lowest BCUT2D eigenvalue weighted by Gasteiger charge is -2.12. The number of hydrogen-bond donors (Lipinski definition) is 2. The molecule has 0 aliphatic rings. The van der Waals surface area contributed by atoms with Crippen LogP contribution in [0.5, 0.6) is 5.88 Å². The summed E-state index contributed by atoms with van der Waals surface area (Å²) in [5.41, 5.74) is 6.05. The number of nitrogen functional groups attached to an aromatic ring is 1. The number of pyridine rings is 1. The maximum Gasteiger partial charge on any atom is 0.238 e. The fourth-order valence-corrected chi connectivity index (χ4v) is 1.93. The summed E-state index contributed by atoms with van der Waals surface area (Å²) in [5.74, 6) is 0.833. The van der Waals surface area contributed by atoms with Crippen LogP contribution in [0.15, 0.2) is 12.1 Å². The van der Waals surface area contributed by atoms with Gasteiger partial charge in [0.25, 0.3) is 0 Å². The number of anilines is 2. The number of sulfonamides is 1. The number of rotatable bonds is 6. The van der Waals surface area contributed by atoms with Crippen molar-refractivity contribution in [3.63, 3.8) is 0 Å². The van der Waals surface area contributed by atoms with E-state index in [9.17, 15) is 8.42 Å². The van der Waals surface area contributed by atoms with Crippen LogP contribution in [0.2, 0.25) is 0 Å². The number of hydrogen-bond acceptors (Lipinski definition) is 6. The smallest absolute Gasteiger partial charge is 0.238 e. The Kier molecular flexibility index (Phi) is 4.74. The number of ether oxygens (including phenoxy) is 1. The predicted molar refractivity (Wildman–Crippen MR) is 71.2 cm³/mol. The number of nitrogens with zero attached hydrogens (tertiary/aromatic N) is 2. The van der Waals surface area contributed by atoms with E-state index in [4.69, 9.17) is 10.5 Å². The number of aromatic nitrogens is 1. The van der Waals surface area contributed by atoms with Gasteiger partial charge in [-0.25, -0.2) is 12.7 Å². The Morgan fingerprint density at radius 1 is 1.44 bits per heavy atom. The van der Waals surface area contributed by atoms with Crippen molar-refractivity contribution in [2.75, 3.05) is 44.6 Å². The molecule has 0 saturated heterocycles. The Morgan fingerprint density at radius 3 is 2.67 bits per heavy atom. The minimum absolute atomic E-state index is 0.00558. The van der Waals surface area contributed by atoms with Crippen LogP contribution in [-0.2, 0) is 10.0 Å². The van der Waals surface area contributed by atoms with Gasteiger partial charge in [-0.05, 0) is 12.1 Å². The highest BCUT2D eigenvalue weighted by Gasteiger charge is 2.12. The van der Waals surface area contributed by atoms with Crippen molar-refractivity contribution in [2.45, 2.75) is 0 Å². The van der Waals surface area contributed by atoms with Crippen LogP contribution in [0.1, 0.15) is 0 Å². The molecule has 1 heterocycles. The lowest BCUT2D eigenvalue weighted by molar-refractivity contribution is 0.401. The predicted octanol–water partition coefficient (Wildman–Crippen LogP) is -0.0243. The number of methoxy groups -OCH3 is 1. The van der Waals surface area contributed by atoms with Crippen molar-refractivity contribution < 1.29 is 13.2 Å². The van der Waals surface area contributed by atoms with Crippen molar-refractivity contribution in [1.82, 2.24) is 9.29 Å². The molecule has 0 fully saturated rings. The maximum atomic E-state index is 11.5. The minimum Gasteiger partial charge on any atom is -0.479 e. The van der Waals surface area contributed by atoms with E-state index in [1.54, 1.807) is 12.1 Å². The highest BCUT2D eigenvalue weighted by atomic mass is 32.2. The molecule has 0 aromatic carbocycles. The van der Waals surface area contributed by atoms with Crippen LogP contribution >= 0.6 is 0 Å². The van der Waals surface area contributed by atoms with Crippen LogP contribution < -0.4 is 15.8 Å². The Balaban J connectivity index is 2.60. The van der Waals surface area contributed by atoms with Gasteiger partial charge in [0.2, 0.25) is 15.9 Å². The van der Waals surface area contributed by atoms with Crippen molar-refractivity contribution in [3.05, 3.63) is 12.1 Å². The highest BCUT2D eigenvalue weighted by Crippen LogP contribution is 2.19. The van der Waals surface area contributed by atoms with Gasteiger partial charge in [-0.1, -0.05) is 0 Å². The molecular formula is C10H18N4O3S. The summed E-state index contributed by atoms with van der Waals surface area (Å²) in [4.78, 5) is 4.09. The van der Waals surface area contributed by atoms with Crippen molar-refractivity contribution in [3.8, 4) is 5.88 Å². The molecule has 0 saturated carbocycles. The average Bonchev–Trinajstić information content (AvgIpc) is 2.31. The molecule has 0 amide bonds. The van der Waals surface area contributed by atoms with Gasteiger partial charge in [0.15, 0.2) is 0 Å². The van der Waals surface area contributed by atoms with Crippen molar-refractivity contribution in [1.29, 1.82) is 0 Å². The van der Waals surface area contributed by atoms with E-state index in [0.29, 0.717) is 17.4 Å². The van der Waals surface area contributed by atoms with Gasteiger partial charge in [0.1, 0.15) is 5.82 Å². The van der Waals surface area contributed by atoms with E-state index in [2.05, 4.69) is 10.3 Å². The molecule has 0 radical (unpaired) electrons. The molecule has 0 unspecified atom stereocenters. The second-order valence-electron chi connectivity index (χ2n) is 3.82. The van der Waals surface area contributed by atoms with E-state index in [0.717, 1.165) is 0 Å². The maximum absolute atomic E-state index is 11.5. The molecule has 7 nitrogen and oxygen atoms in total. The molecule has 0 atom stereocenters. The molecule has 1 aromatic rings. The molecule has 0 aliphatic carbocycles. The fraction of sp³-hybridized carbons (Fsp3) is 0.500. The van der Waals surface area contributed by atoms with Crippen LogP contribution in [0.25, 0.3) is 0 Å². The first kappa shape index (κ1) is 14.5. The topological polar surface area (TPSA) is 97.5 Å². The summed E-state index contributed by atoms with van der Waals surface area (Å²) in [6.07, 6.45) is 0. The summed E-state index contributed by atoms with van der Waals surface area (Å²) in [7, 11) is 1.27. The SMILES string of the molecule is COc1nc(NCCS(=O)(=O)N(C)C)ccc1N. The van der Waals surface area contributed by atoms with Gasteiger partial charge >= 0.3 is 0 Å². The number of nitrogens with two attached hydrogens (primary N) is 1. The summed E-state index contributed by atoms with van der Waals surface area (Å²) in [6, 6.07) is 3.31. The summed E-state index contributed by atoms with van der Waals surface area (Å²) in [5, 5.41) is 2.91. The van der Waals surface area contributed by atoms with E-state index < -0.39 is 10.0 Å². The second-order valence-corrected chi connectivity index (χ2v) is 6.12. The first-order valence-corrected chi connectivity index (χ1v) is 6.92. The molecule has 1 aromatic heterocycles. The molecule has 0 bridgehead atoms. The summed E-state index contributed by atoms with van der Waals surface area (Å²) < 4.78 is 29.2. The van der Waals surface area contributed by atoms with Crippen LogP contribution in [0.4, 0.5) is 11.5 Å². The van der Waals surface area contributed by atoms with E-state index in [1.807, 2.05) is 0 Å². The first-order valence-electron chi connectivity index (χ1n) is 5.31. The zero-order valence-electron chi connectivity index (χ0n) is 10.7. The molecule has 3 N–H and O–H groups in total. The Labute approximate surface area is 107 Å². The van der Waals surface area contributed by atoms with Gasteiger partial charge in [-0.2, -0.15) is 4.98 Å². The third-order valence-electron chi connectivity index (χ3n) is 2.31. The van der Waals surface area contributed by atoms with Gasteiger partial charge in [-0.15, -0.1) is 0 Å². The molecule has 8 heteroatoms. The highest BCUT2D eigenvalue weighted by molar-refractivity contribution is 7.89. The lowest BCUT2D eigenvalue weighted by atomic mass is 10.4. The van der Waals surface area contributed by atoms with Crippen molar-refractivity contribution >= 4 is 21.5 Å². The standard InChI is InChI=1S/C10H18N4O3S/c1-14(2)18(15,16)7-6-12-9-5-4-8(11)10(13-9)17-3/h4-5H,6-7,11H2,1-3H3,(H,12,13). The zero-order valence-corrected chi connectivity index (χ0v) is 11.5. The zero-order chi connectivity index (χ0) is 13.8. The quantitative estimate of drug-likeness (QED) is 0.756. The van der Waals surface area contributed by atoms with Gasteiger partial charge < -0.3 is 15.8 Å². The third-order valence-corrected chi connectivity index (χ3v) is 4.14. The summed E-state index contributed by atoms with van der Waals surface area (Å²) in [6.45, 7) is 0.264. The second kappa shape index (κ2) is 5.87. The first-order chi connectivity index (χ1) is 8.36. The van der Waals surface area contributed by atoms with Gasteiger partial charge in [0.05, 0.1) is 18.6 Å². The van der Waals surface area contributed by atoms with E-state index in [-0.39, 0.29) is 12.3 Å². The largest absolute Gasteiger partial charge is 0.479 e. The van der Waals surface area contributed by atoms with Gasteiger partial charge in [0, 0.05) is 20.6 Å². The molecule has 18 heavy (non-hydrogen) atoms. The van der Waals surface area contributed by atoms with Crippen molar-refractivity contribution in [2.24, 2.45) is 0 Å². The molecule has 1 rings (SSSR count). The molecular weight excluding hydrogens is 256 g/mol. The van der Waals surface area contributed by atoms with E-state index >= 15 is 0 Å². The fourth-order valence-electron chi connectivity index (χ4n) is 1.20. The lowest BCUT2D eigenvalue weighted by Crippen LogP contribution is -2.28. The Bertz CT molecular complexity index is 502. The minimum atomic E-state index is -3.21. The van der Waals surface area contributed by atoms with Crippen LogP contribution in [-0.4, -0.2) is 51.2 Å². The number of nitrogens with one attached hydrogen (secondary N) is 1. The van der Waals surface area contributed by atoms with Crippen LogP contribution in [0, 0.1) is 0 Å². The third kappa shape index (κ3) is 3.74. The van der Waals surface area contributed by atoms with Gasteiger partial charge in [-0.3, -0.25) is 0 Å². The average molecular weight is 274 g/mol. The normalized spacial score (nSPS) is 11.6.